The second-order valence-corrected chi connectivity index (χ2v) is 3.25. The molecule has 0 aliphatic carbocycles. The van der Waals surface area contributed by atoms with Crippen LogP contribution < -0.4 is 4.74 Å². The van der Waals surface area contributed by atoms with Gasteiger partial charge < -0.3 is 4.74 Å². The van der Waals surface area contributed by atoms with E-state index in [0.29, 0.717) is 5.76 Å². The van der Waals surface area contributed by atoms with E-state index in [-0.39, 0.29) is 0 Å². The van der Waals surface area contributed by atoms with Crippen LogP contribution >= 0.6 is 0 Å². The summed E-state index contributed by atoms with van der Waals surface area (Å²) in [5.74, 6) is 1.45. The molecule has 1 aromatic carbocycles. The maximum atomic E-state index is 5.50. The minimum absolute atomic E-state index is 0.641. The minimum Gasteiger partial charge on any atom is -0.458 e. The predicted octanol–water partition coefficient (Wildman–Crippen LogP) is 4.10. The highest BCUT2D eigenvalue weighted by Gasteiger charge is 1.92. The highest BCUT2D eigenvalue weighted by molar-refractivity contribution is 5.27. The SMILES string of the molecule is C=C(/C=C\C(C)=C/C)Oc1ccccc1. The van der Waals surface area contributed by atoms with Gasteiger partial charge in [-0.15, -0.1) is 0 Å². The van der Waals surface area contributed by atoms with Crippen LogP contribution in [0.25, 0.3) is 0 Å². The predicted molar refractivity (Wildman–Crippen MR) is 64.8 cm³/mol. The van der Waals surface area contributed by atoms with Crippen LogP contribution in [-0.4, -0.2) is 0 Å². The molecule has 0 aliphatic heterocycles. The summed E-state index contributed by atoms with van der Waals surface area (Å²) in [5.41, 5.74) is 1.19. The Kier molecular flexibility index (Phi) is 4.42. The zero-order valence-electron chi connectivity index (χ0n) is 9.23. The lowest BCUT2D eigenvalue weighted by molar-refractivity contribution is 0.447. The summed E-state index contributed by atoms with van der Waals surface area (Å²) in [4.78, 5) is 0. The Balaban J connectivity index is 2.54. The third-order valence-corrected chi connectivity index (χ3v) is 1.98. The van der Waals surface area contributed by atoms with Crippen molar-refractivity contribution in [2.24, 2.45) is 0 Å². The fourth-order valence-electron chi connectivity index (χ4n) is 0.995. The zero-order chi connectivity index (χ0) is 11.1. The van der Waals surface area contributed by atoms with Crippen LogP contribution in [0.4, 0.5) is 0 Å². The first-order valence-electron chi connectivity index (χ1n) is 4.95. The molecular formula is C14H16O. The van der Waals surface area contributed by atoms with E-state index in [0.717, 1.165) is 5.75 Å². The molecule has 1 rings (SSSR count). The second-order valence-electron chi connectivity index (χ2n) is 3.25. The lowest BCUT2D eigenvalue weighted by Crippen LogP contribution is -1.89. The molecule has 78 valence electrons. The van der Waals surface area contributed by atoms with Crippen molar-refractivity contribution in [3.05, 3.63) is 66.5 Å². The maximum absolute atomic E-state index is 5.50. The number of hydrogen-bond acceptors (Lipinski definition) is 1. The van der Waals surface area contributed by atoms with Crippen LogP contribution in [0.3, 0.4) is 0 Å². The average molecular weight is 200 g/mol. The monoisotopic (exact) mass is 200 g/mol. The highest BCUT2D eigenvalue weighted by atomic mass is 16.5. The van der Waals surface area contributed by atoms with E-state index in [4.69, 9.17) is 4.74 Å². The molecule has 0 aliphatic rings. The largest absolute Gasteiger partial charge is 0.458 e. The molecule has 0 fully saturated rings. The van der Waals surface area contributed by atoms with E-state index < -0.39 is 0 Å². The molecule has 1 heteroatoms. The Morgan fingerprint density at radius 3 is 2.47 bits per heavy atom. The molecule has 0 saturated heterocycles. The van der Waals surface area contributed by atoms with Crippen molar-refractivity contribution >= 4 is 0 Å². The van der Waals surface area contributed by atoms with Crippen molar-refractivity contribution in [1.82, 2.24) is 0 Å². The second kappa shape index (κ2) is 5.86. The fourth-order valence-corrected chi connectivity index (χ4v) is 0.995. The Morgan fingerprint density at radius 2 is 1.87 bits per heavy atom. The molecule has 15 heavy (non-hydrogen) atoms. The van der Waals surface area contributed by atoms with Crippen LogP contribution in [0.5, 0.6) is 5.75 Å². The summed E-state index contributed by atoms with van der Waals surface area (Å²) in [6, 6.07) is 9.63. The number of ether oxygens (including phenoxy) is 1. The quantitative estimate of drug-likeness (QED) is 0.525. The van der Waals surface area contributed by atoms with Gasteiger partial charge in [-0.1, -0.05) is 42.5 Å². The summed E-state index contributed by atoms with van der Waals surface area (Å²) >= 11 is 0. The van der Waals surface area contributed by atoms with Gasteiger partial charge in [0.05, 0.1) is 0 Å². The molecule has 0 saturated carbocycles. The number of hydrogen-bond donors (Lipinski definition) is 0. The molecule has 0 heterocycles. The lowest BCUT2D eigenvalue weighted by atomic mass is 10.2. The smallest absolute Gasteiger partial charge is 0.127 e. The molecule has 0 bridgehead atoms. The van der Waals surface area contributed by atoms with Crippen molar-refractivity contribution in [3.8, 4) is 5.75 Å². The third-order valence-electron chi connectivity index (χ3n) is 1.98. The molecule has 0 aromatic heterocycles. The van der Waals surface area contributed by atoms with Crippen molar-refractivity contribution in [1.29, 1.82) is 0 Å². The van der Waals surface area contributed by atoms with Crippen LogP contribution in [0.1, 0.15) is 13.8 Å². The Hall–Kier alpha value is -1.76. The van der Waals surface area contributed by atoms with E-state index in [9.17, 15) is 0 Å². The van der Waals surface area contributed by atoms with Gasteiger partial charge in [0, 0.05) is 0 Å². The van der Waals surface area contributed by atoms with Gasteiger partial charge in [-0.25, -0.2) is 0 Å². The third kappa shape index (κ3) is 4.32. The highest BCUT2D eigenvalue weighted by Crippen LogP contribution is 2.12. The standard InChI is InChI=1S/C14H16O/c1-4-12(2)10-11-13(3)15-14-8-6-5-7-9-14/h4-11H,3H2,1-2H3/b11-10-,12-4-. The van der Waals surface area contributed by atoms with Crippen molar-refractivity contribution < 1.29 is 4.74 Å². The first kappa shape index (κ1) is 11.3. The van der Waals surface area contributed by atoms with E-state index in [1.165, 1.54) is 5.57 Å². The number of rotatable bonds is 4. The van der Waals surface area contributed by atoms with Crippen LogP contribution in [0.2, 0.25) is 0 Å². The first-order valence-corrected chi connectivity index (χ1v) is 4.95. The van der Waals surface area contributed by atoms with Crippen LogP contribution in [0.15, 0.2) is 66.5 Å². The normalized spacial score (nSPS) is 11.7. The lowest BCUT2D eigenvalue weighted by Gasteiger charge is -2.03. The molecule has 1 aromatic rings. The molecule has 0 atom stereocenters. The minimum atomic E-state index is 0.641. The van der Waals surface area contributed by atoms with Gasteiger partial charge in [-0.05, 0) is 32.1 Å². The summed E-state index contributed by atoms with van der Waals surface area (Å²) in [6.45, 7) is 7.85. The van der Waals surface area contributed by atoms with E-state index in [2.05, 4.69) is 6.58 Å². The van der Waals surface area contributed by atoms with Gasteiger partial charge in [0.1, 0.15) is 11.5 Å². The Labute approximate surface area is 91.4 Å². The molecule has 0 unspecified atom stereocenters. The molecule has 0 N–H and O–H groups in total. The zero-order valence-corrected chi connectivity index (χ0v) is 9.23. The summed E-state index contributed by atoms with van der Waals surface area (Å²) < 4.78 is 5.50. The Morgan fingerprint density at radius 1 is 1.20 bits per heavy atom. The number of allylic oxidation sites excluding steroid dienone is 4. The van der Waals surface area contributed by atoms with Crippen LogP contribution in [-0.2, 0) is 0 Å². The average Bonchev–Trinajstić information content (AvgIpc) is 2.27. The molecule has 0 radical (unpaired) electrons. The van der Waals surface area contributed by atoms with Crippen molar-refractivity contribution in [2.75, 3.05) is 0 Å². The van der Waals surface area contributed by atoms with Gasteiger partial charge >= 0.3 is 0 Å². The molecule has 0 spiro atoms. The van der Waals surface area contributed by atoms with Crippen LogP contribution in [0, 0.1) is 0 Å². The van der Waals surface area contributed by atoms with Gasteiger partial charge in [0.25, 0.3) is 0 Å². The summed E-state index contributed by atoms with van der Waals surface area (Å²) in [7, 11) is 0. The number of para-hydroxylation sites is 1. The van der Waals surface area contributed by atoms with Gasteiger partial charge in [0.2, 0.25) is 0 Å². The Bertz CT molecular complexity index is 372. The van der Waals surface area contributed by atoms with Gasteiger partial charge in [-0.3, -0.25) is 0 Å². The topological polar surface area (TPSA) is 9.23 Å². The maximum Gasteiger partial charge on any atom is 0.127 e. The first-order chi connectivity index (χ1) is 7.22. The van der Waals surface area contributed by atoms with Gasteiger partial charge in [0.15, 0.2) is 0 Å². The fraction of sp³-hybridized carbons (Fsp3) is 0.143. The molecule has 1 nitrogen and oxygen atoms in total. The van der Waals surface area contributed by atoms with Gasteiger partial charge in [-0.2, -0.15) is 0 Å². The molecule has 0 amide bonds. The summed E-state index contributed by atoms with van der Waals surface area (Å²) in [6.07, 6.45) is 5.87. The van der Waals surface area contributed by atoms with E-state index in [1.54, 1.807) is 0 Å². The number of benzene rings is 1. The molecular weight excluding hydrogens is 184 g/mol. The van der Waals surface area contributed by atoms with Crippen molar-refractivity contribution in [2.45, 2.75) is 13.8 Å². The summed E-state index contributed by atoms with van der Waals surface area (Å²) in [5, 5.41) is 0. The van der Waals surface area contributed by atoms with E-state index >= 15 is 0 Å². The van der Waals surface area contributed by atoms with E-state index in [1.807, 2.05) is 62.4 Å². The van der Waals surface area contributed by atoms with Crippen molar-refractivity contribution in [3.63, 3.8) is 0 Å².